The van der Waals surface area contributed by atoms with E-state index in [9.17, 15) is 29.1 Å². The number of carboxylic acid groups (broad SMARTS) is 1. The van der Waals surface area contributed by atoms with Crippen molar-refractivity contribution in [3.8, 4) is 0 Å². The van der Waals surface area contributed by atoms with E-state index in [4.69, 9.17) is 17.3 Å². The molecule has 2 aliphatic rings. The zero-order valence-electron chi connectivity index (χ0n) is 21.3. The summed E-state index contributed by atoms with van der Waals surface area (Å²) in [6, 6.07) is -3.44. The van der Waals surface area contributed by atoms with Crippen molar-refractivity contribution < 1.29 is 60.1 Å². The number of rotatable bonds is 10. The average Bonchev–Trinajstić information content (AvgIpc) is 3.51. The molecular weight excluding hydrogens is 607 g/mol. The number of primary amides is 1. The second-order valence-corrected chi connectivity index (χ2v) is 10.9. The van der Waals surface area contributed by atoms with Gasteiger partial charge in [0.1, 0.15) is 23.0 Å². The number of halogens is 1. The van der Waals surface area contributed by atoms with Crippen LogP contribution in [-0.2, 0) is 26.2 Å². The van der Waals surface area contributed by atoms with Gasteiger partial charge in [-0.25, -0.2) is 19.3 Å². The zero-order chi connectivity index (χ0) is 27.6. The Bertz CT molecular complexity index is 1340. The number of amides is 5. The number of tetrazole rings is 1. The predicted molar refractivity (Wildman–Crippen MR) is 137 cm³/mol. The third-order valence-corrected chi connectivity index (χ3v) is 8.69. The summed E-state index contributed by atoms with van der Waals surface area (Å²) < 4.78 is 1.44. The van der Waals surface area contributed by atoms with E-state index in [-0.39, 0.29) is 59.1 Å². The monoisotopic (exact) mass is 626 g/mol. The molecule has 3 atom stereocenters. The summed E-state index contributed by atoms with van der Waals surface area (Å²) in [4.78, 5) is 66.4. The fraction of sp³-hybridized carbons (Fsp3) is 0.389. The molecule has 6 N–H and O–H groups in total. The minimum Gasteiger partial charge on any atom is -1.00 e. The number of nitrogens with zero attached hydrogens (tertiary/aromatic N) is 6. The molecule has 5 amide bonds. The molecule has 39 heavy (non-hydrogen) atoms. The van der Waals surface area contributed by atoms with Crippen LogP contribution >= 0.6 is 46.5 Å². The number of nitrogens with two attached hydrogens (primary N) is 1. The summed E-state index contributed by atoms with van der Waals surface area (Å²) in [5.41, 5.74) is 5.64. The molecule has 16 nitrogen and oxygen atoms in total. The Morgan fingerprint density at radius 2 is 2.13 bits per heavy atom. The van der Waals surface area contributed by atoms with Crippen LogP contribution in [0.4, 0.5) is 9.93 Å². The molecule has 0 saturated carbocycles. The number of urea groups is 1. The van der Waals surface area contributed by atoms with Crippen molar-refractivity contribution in [2.24, 2.45) is 12.8 Å². The number of thioether (sulfide) groups is 2. The number of alkyl halides is 1. The van der Waals surface area contributed by atoms with Gasteiger partial charge in [-0.2, -0.15) is 0 Å². The first kappa shape index (κ1) is 31.1. The molecule has 1 saturated heterocycles. The minimum atomic E-state index is -1.37. The van der Waals surface area contributed by atoms with E-state index in [1.54, 1.807) is 7.05 Å². The molecule has 4 heterocycles. The fourth-order valence-electron chi connectivity index (χ4n) is 3.57. The number of nitrogens with one attached hydrogen (secondary N) is 3. The molecule has 2 aliphatic heterocycles. The van der Waals surface area contributed by atoms with E-state index < -0.39 is 47.2 Å². The number of thiazole rings is 1. The van der Waals surface area contributed by atoms with Gasteiger partial charge in [0.05, 0.1) is 5.69 Å². The number of hydrogen-bond donors (Lipinski definition) is 5. The minimum absolute atomic E-state index is 0. The molecule has 2 aromatic heterocycles. The van der Waals surface area contributed by atoms with Crippen LogP contribution in [0.3, 0.4) is 0 Å². The number of aryl methyl sites for hydroxylation is 1. The first-order valence-corrected chi connectivity index (χ1v) is 14.0. The molecule has 21 heteroatoms. The molecule has 204 valence electrons. The largest absolute Gasteiger partial charge is 1.00 e. The number of anilines is 1. The van der Waals surface area contributed by atoms with Crippen LogP contribution in [0.1, 0.15) is 13.2 Å². The van der Waals surface area contributed by atoms with Crippen LogP contribution < -0.4 is 51.2 Å². The summed E-state index contributed by atoms with van der Waals surface area (Å²) in [6.45, 7) is 0. The van der Waals surface area contributed by atoms with E-state index in [0.717, 1.165) is 16.2 Å². The van der Waals surface area contributed by atoms with Crippen molar-refractivity contribution in [3.05, 3.63) is 22.3 Å². The number of fused-ring (bicyclic) bond motifs is 1. The van der Waals surface area contributed by atoms with Gasteiger partial charge in [-0.1, -0.05) is 11.8 Å². The maximum Gasteiger partial charge on any atom is 1.00 e. The number of β-lactam (4-membered cyclic amide) rings is 1. The molecule has 2 aromatic rings. The van der Waals surface area contributed by atoms with Gasteiger partial charge in [-0.15, -0.1) is 39.8 Å². The van der Waals surface area contributed by atoms with E-state index in [1.807, 2.05) is 0 Å². The van der Waals surface area contributed by atoms with Crippen LogP contribution in [0.15, 0.2) is 21.8 Å². The normalized spacial score (nSPS) is 18.8. The van der Waals surface area contributed by atoms with Gasteiger partial charge in [-0.05, 0) is 16.0 Å². The Hall–Kier alpha value is -2.42. The number of carbonyl (C=O) groups excluding carboxylic acids is 4. The van der Waals surface area contributed by atoms with Crippen LogP contribution in [0.25, 0.3) is 0 Å². The van der Waals surface area contributed by atoms with Gasteiger partial charge in [0, 0.05) is 23.9 Å². The van der Waals surface area contributed by atoms with Gasteiger partial charge in [0.25, 0.3) is 5.91 Å². The van der Waals surface area contributed by atoms with Crippen molar-refractivity contribution in [2.75, 3.05) is 22.7 Å². The molecule has 0 bridgehead atoms. The van der Waals surface area contributed by atoms with Crippen molar-refractivity contribution >= 4 is 81.3 Å². The first-order valence-electron chi connectivity index (χ1n) is 10.5. The van der Waals surface area contributed by atoms with Gasteiger partial charge in [0.15, 0.2) is 11.2 Å². The van der Waals surface area contributed by atoms with Crippen LogP contribution in [0, 0.1) is 0 Å². The Kier molecular flexibility index (Phi) is 10.6. The average molecular weight is 627 g/mol. The summed E-state index contributed by atoms with van der Waals surface area (Å²) in [5, 5.41) is 29.6. The van der Waals surface area contributed by atoms with Crippen molar-refractivity contribution in [3.63, 3.8) is 0 Å². The zero-order valence-corrected chi connectivity index (χ0v) is 25.5. The third kappa shape index (κ3) is 6.84. The Labute approximate surface area is 261 Å². The van der Waals surface area contributed by atoms with E-state index in [1.165, 1.54) is 33.6 Å². The maximum absolute atomic E-state index is 13.1. The predicted octanol–water partition coefficient (Wildman–Crippen LogP) is -3.80. The molecule has 0 spiro atoms. The third-order valence-electron chi connectivity index (χ3n) is 5.24. The van der Waals surface area contributed by atoms with Crippen LogP contribution in [0.2, 0.25) is 0 Å². The molecule has 0 radical (unpaired) electrons. The Morgan fingerprint density at radius 3 is 2.74 bits per heavy atom. The number of aliphatic carboxylic acids is 1. The van der Waals surface area contributed by atoms with E-state index in [0.29, 0.717) is 16.5 Å². The van der Waals surface area contributed by atoms with E-state index >= 15 is 0 Å². The van der Waals surface area contributed by atoms with Crippen molar-refractivity contribution in [1.29, 1.82) is 0 Å². The summed E-state index contributed by atoms with van der Waals surface area (Å²) in [6.07, 6.45) is 0. The summed E-state index contributed by atoms with van der Waals surface area (Å²) >= 11 is 8.97. The summed E-state index contributed by atoms with van der Waals surface area (Å²) in [5.74, 6) is -2.97. The molecule has 1 fully saturated rings. The van der Waals surface area contributed by atoms with Crippen molar-refractivity contribution in [2.45, 2.75) is 22.6 Å². The smallest absolute Gasteiger partial charge is 1.00 e. The Morgan fingerprint density at radius 1 is 1.38 bits per heavy atom. The van der Waals surface area contributed by atoms with Gasteiger partial charge in [-0.3, -0.25) is 19.3 Å². The molecule has 0 aromatic carbocycles. The van der Waals surface area contributed by atoms with Crippen molar-refractivity contribution in [1.82, 2.24) is 40.7 Å². The van der Waals surface area contributed by atoms with Crippen LogP contribution in [0.5, 0.6) is 0 Å². The first-order chi connectivity index (χ1) is 18.1. The maximum atomic E-state index is 13.1. The van der Waals surface area contributed by atoms with E-state index in [2.05, 4.69) is 36.5 Å². The Balaban J connectivity index is 0.00000280. The fourth-order valence-corrected chi connectivity index (χ4v) is 6.72. The molecule has 0 aliphatic carbocycles. The number of aromatic nitrogens is 5. The molecule has 4 rings (SSSR count). The molecule has 2 unspecified atom stereocenters. The standard InChI is InChI=1S/C18H19ClN10O6S3.Na.H/c1-28-18(25-26-27-28)38-4-6-3-36-14-10(13(32)29(14)11(6)15(33)34)23-12(31)9(24-16(20)35)7-5-37-17(21-7)22-8(30)2-19;;/h5,9-10,14H,2-4H2,1H3,(H,23,31)(H,33,34)(H3,20,24,35)(H,21,22,30);;/q;+1;-1/t9?,10-,14?;;/m0../s1. The van der Waals surface area contributed by atoms with Gasteiger partial charge < -0.3 is 28.2 Å². The van der Waals surface area contributed by atoms with Gasteiger partial charge in [0.2, 0.25) is 17.0 Å². The number of hydrogen-bond acceptors (Lipinski definition) is 12. The number of carbonyl (C=O) groups is 5. The van der Waals surface area contributed by atoms with Gasteiger partial charge >= 0.3 is 41.6 Å². The second kappa shape index (κ2) is 13.3. The second-order valence-electron chi connectivity index (χ2n) is 7.73. The summed E-state index contributed by atoms with van der Waals surface area (Å²) in [7, 11) is 1.65. The quantitative estimate of drug-likeness (QED) is 0.0740. The SMILES string of the molecule is Cn1nnnc1SCC1=C(C(=O)O)N2C(=O)[C@H](NC(=O)C(NC(N)=O)c3csc(NC(=O)CCl)n3)C2SC1.[H-].[Na+]. The molecular formula is C18H20ClN10NaO6S3. The number of carboxylic acids is 1. The topological polar surface area (TPSA) is 227 Å². The van der Waals surface area contributed by atoms with Crippen LogP contribution in [-0.4, -0.2) is 93.7 Å².